The molecule has 0 amide bonds. The second-order valence-corrected chi connectivity index (χ2v) is 10.4. The van der Waals surface area contributed by atoms with Gasteiger partial charge in [-0.25, -0.2) is 14.4 Å². The number of oxime groups is 1. The highest BCUT2D eigenvalue weighted by atomic mass is 19.1. The molecule has 0 aliphatic carbocycles. The number of aldehydes is 1. The molecule has 0 bridgehead atoms. The van der Waals surface area contributed by atoms with E-state index in [1.807, 2.05) is 68.0 Å². The van der Waals surface area contributed by atoms with E-state index in [1.165, 1.54) is 25.5 Å². The SMILES string of the molecule is C#CCC(=N/C=C(\CC)CF)C1=NOCC(CC2CCCCN2C)=N1.CC.O=Cc1nc2n(c1-c1ccccn1)C=CCC=C2. The van der Waals surface area contributed by atoms with E-state index >= 15 is 0 Å². The molecule has 10 heteroatoms. The summed E-state index contributed by atoms with van der Waals surface area (Å²) in [5.74, 6) is 3.72. The average molecular weight is 614 g/mol. The first-order valence-corrected chi connectivity index (χ1v) is 15.6. The van der Waals surface area contributed by atoms with Crippen molar-refractivity contribution < 1.29 is 14.0 Å². The number of likely N-dealkylation sites (tertiary alicyclic amines) is 1. The quantitative estimate of drug-likeness (QED) is 0.172. The molecule has 0 radical (unpaired) electrons. The van der Waals surface area contributed by atoms with Crippen LogP contribution in [0.4, 0.5) is 4.39 Å². The van der Waals surface area contributed by atoms with Gasteiger partial charge in [0.1, 0.15) is 29.6 Å². The van der Waals surface area contributed by atoms with Gasteiger partial charge in [-0.3, -0.25) is 19.3 Å². The number of hydrogen-bond acceptors (Lipinski definition) is 8. The number of terminal acetylenes is 1. The first-order chi connectivity index (χ1) is 22.1. The fraction of sp³-hybridized carbons (Fsp3) is 0.429. The first kappa shape index (κ1) is 35.0. The normalized spacial score (nSPS) is 18.0. The molecule has 5 rings (SSSR count). The number of piperidine rings is 1. The van der Waals surface area contributed by atoms with E-state index in [-0.39, 0.29) is 6.42 Å². The molecule has 1 saturated heterocycles. The Morgan fingerprint density at radius 2 is 2.11 bits per heavy atom. The number of carbonyl (C=O) groups is 1. The van der Waals surface area contributed by atoms with Gasteiger partial charge in [-0.2, -0.15) is 0 Å². The standard InChI is InChI=1S/C19H27FN4O.C14H11N3O.C2H6/c1-4-8-18(21-13-15(5-2)12-20)19-22-16(14-25-23-19)11-17-9-6-7-10-24(17)3;18-10-12-14(11-6-3-4-8-15-11)17-9-5-1-2-7-13(17)16-12;1-2/h1,13,17H,5-12,14H2,2-3H3;2-10H,1H2;1-2H3/b15-13+,21-18?;;. The molecule has 1 atom stereocenters. The molecule has 5 heterocycles. The van der Waals surface area contributed by atoms with E-state index in [1.54, 1.807) is 6.20 Å². The van der Waals surface area contributed by atoms with Crippen LogP contribution >= 0.6 is 0 Å². The highest BCUT2D eigenvalue weighted by molar-refractivity contribution is 6.44. The molecule has 3 aliphatic rings. The Bertz CT molecular complexity index is 1470. The number of aliphatic imine (C=N–C) groups is 2. The maximum absolute atomic E-state index is 12.8. The number of fused-ring (bicyclic) bond motifs is 1. The van der Waals surface area contributed by atoms with Crippen molar-refractivity contribution in [2.45, 2.75) is 71.8 Å². The second kappa shape index (κ2) is 19.0. The monoisotopic (exact) mass is 613 g/mol. The maximum atomic E-state index is 12.8. The third-order valence-corrected chi connectivity index (χ3v) is 7.37. The number of alkyl halides is 1. The van der Waals surface area contributed by atoms with E-state index in [2.05, 4.69) is 43.0 Å². The fourth-order valence-electron chi connectivity index (χ4n) is 4.93. The molecular weight excluding hydrogens is 569 g/mol. The Morgan fingerprint density at radius 3 is 2.80 bits per heavy atom. The van der Waals surface area contributed by atoms with Gasteiger partial charge in [0, 0.05) is 31.1 Å². The highest BCUT2D eigenvalue weighted by Crippen LogP contribution is 2.25. The summed E-state index contributed by atoms with van der Waals surface area (Å²) in [6.07, 6.45) is 23.6. The number of nitrogens with zero attached hydrogens (tertiary/aromatic N) is 7. The summed E-state index contributed by atoms with van der Waals surface area (Å²) in [6.45, 7) is 6.89. The molecule has 2 aromatic heterocycles. The lowest BCUT2D eigenvalue weighted by Gasteiger charge is -2.32. The predicted octanol–water partition coefficient (Wildman–Crippen LogP) is 7.04. The van der Waals surface area contributed by atoms with Gasteiger partial charge >= 0.3 is 0 Å². The molecule has 0 aromatic carbocycles. The maximum Gasteiger partial charge on any atom is 0.214 e. The molecule has 9 nitrogen and oxygen atoms in total. The number of amidine groups is 1. The molecule has 0 saturated carbocycles. The van der Waals surface area contributed by atoms with Crippen molar-refractivity contribution in [1.82, 2.24) is 19.4 Å². The van der Waals surface area contributed by atoms with Crippen LogP contribution < -0.4 is 0 Å². The number of imidazole rings is 1. The average Bonchev–Trinajstić information content (AvgIpc) is 3.28. The van der Waals surface area contributed by atoms with Gasteiger partial charge in [-0.05, 0) is 63.1 Å². The predicted molar refractivity (Wildman–Crippen MR) is 182 cm³/mol. The summed E-state index contributed by atoms with van der Waals surface area (Å²) in [6, 6.07) is 6.11. The fourth-order valence-corrected chi connectivity index (χ4v) is 4.93. The molecule has 0 N–H and O–H groups in total. The van der Waals surface area contributed by atoms with Crippen molar-refractivity contribution in [3.63, 3.8) is 0 Å². The zero-order valence-electron chi connectivity index (χ0n) is 26.8. The molecule has 238 valence electrons. The van der Waals surface area contributed by atoms with E-state index in [4.69, 9.17) is 11.3 Å². The van der Waals surface area contributed by atoms with Crippen LogP contribution in [0.15, 0.2) is 63.5 Å². The lowest BCUT2D eigenvalue weighted by atomic mass is 9.98. The number of aromatic nitrogens is 3. The lowest BCUT2D eigenvalue weighted by Crippen LogP contribution is -2.38. The third kappa shape index (κ3) is 10.0. The molecule has 1 fully saturated rings. The van der Waals surface area contributed by atoms with Gasteiger partial charge in [-0.15, -0.1) is 12.3 Å². The third-order valence-electron chi connectivity index (χ3n) is 7.37. The number of halogens is 1. The summed E-state index contributed by atoms with van der Waals surface area (Å²) in [5.41, 5.74) is 4.01. The minimum absolute atomic E-state index is 0.280. The number of hydrogen-bond donors (Lipinski definition) is 0. The molecule has 2 aromatic rings. The van der Waals surface area contributed by atoms with Crippen molar-refractivity contribution in [2.24, 2.45) is 15.1 Å². The van der Waals surface area contributed by atoms with Crippen LogP contribution in [0.1, 0.15) is 82.0 Å². The van der Waals surface area contributed by atoms with E-state index in [0.29, 0.717) is 41.9 Å². The van der Waals surface area contributed by atoms with Crippen molar-refractivity contribution in [3.05, 3.63) is 59.8 Å². The van der Waals surface area contributed by atoms with Crippen LogP contribution in [0.5, 0.6) is 0 Å². The summed E-state index contributed by atoms with van der Waals surface area (Å²) in [4.78, 5) is 36.4. The molecular formula is C35H44FN7O2. The zero-order chi connectivity index (χ0) is 32.4. The largest absolute Gasteiger partial charge is 0.388 e. The number of pyridine rings is 1. The Labute approximate surface area is 266 Å². The number of rotatable bonds is 9. The second-order valence-electron chi connectivity index (χ2n) is 10.4. The first-order valence-electron chi connectivity index (χ1n) is 15.6. The summed E-state index contributed by atoms with van der Waals surface area (Å²) in [5, 5.41) is 4.01. The van der Waals surface area contributed by atoms with Crippen molar-refractivity contribution in [2.75, 3.05) is 26.9 Å². The van der Waals surface area contributed by atoms with Crippen LogP contribution in [-0.2, 0) is 4.84 Å². The minimum Gasteiger partial charge on any atom is -0.388 e. The topological polar surface area (TPSA) is 97.3 Å². The van der Waals surface area contributed by atoms with Crippen molar-refractivity contribution >= 4 is 35.8 Å². The van der Waals surface area contributed by atoms with E-state index in [0.717, 1.165) is 48.6 Å². The Morgan fingerprint density at radius 1 is 1.27 bits per heavy atom. The minimum atomic E-state index is -0.519. The summed E-state index contributed by atoms with van der Waals surface area (Å²) >= 11 is 0. The smallest absolute Gasteiger partial charge is 0.214 e. The van der Waals surface area contributed by atoms with E-state index < -0.39 is 6.67 Å². The highest BCUT2D eigenvalue weighted by Gasteiger charge is 2.23. The van der Waals surface area contributed by atoms with Crippen LogP contribution in [-0.4, -0.2) is 75.9 Å². The van der Waals surface area contributed by atoms with Crippen LogP contribution in [0.3, 0.4) is 0 Å². The van der Waals surface area contributed by atoms with Gasteiger partial charge in [-0.1, -0.05) is 50.6 Å². The van der Waals surface area contributed by atoms with Crippen molar-refractivity contribution in [1.29, 1.82) is 0 Å². The van der Waals surface area contributed by atoms with Gasteiger partial charge in [0.2, 0.25) is 5.84 Å². The number of allylic oxidation sites excluding steroid dienone is 3. The number of carbonyl (C=O) groups excluding carboxylic acids is 1. The van der Waals surface area contributed by atoms with Gasteiger partial charge in [0.05, 0.1) is 17.8 Å². The van der Waals surface area contributed by atoms with Gasteiger partial charge < -0.3 is 9.74 Å². The molecule has 45 heavy (non-hydrogen) atoms. The van der Waals surface area contributed by atoms with Crippen LogP contribution in [0.25, 0.3) is 23.7 Å². The molecule has 1 unspecified atom stereocenters. The Hall–Kier alpha value is -4.49. The summed E-state index contributed by atoms with van der Waals surface area (Å²) in [7, 11) is 2.16. The lowest BCUT2D eigenvalue weighted by molar-refractivity contribution is 0.112. The van der Waals surface area contributed by atoms with E-state index in [9.17, 15) is 9.18 Å². The van der Waals surface area contributed by atoms with Gasteiger partial charge in [0.15, 0.2) is 12.9 Å². The Balaban J connectivity index is 0.000000243. The molecule has 0 spiro atoms. The molecule has 3 aliphatic heterocycles. The summed E-state index contributed by atoms with van der Waals surface area (Å²) < 4.78 is 14.7. The Kier molecular flexibility index (Phi) is 14.8. The zero-order valence-corrected chi connectivity index (χ0v) is 26.8. The van der Waals surface area contributed by atoms with Crippen LogP contribution in [0.2, 0.25) is 0 Å². The van der Waals surface area contributed by atoms with Crippen LogP contribution in [0, 0.1) is 12.3 Å². The van der Waals surface area contributed by atoms with Crippen molar-refractivity contribution in [3.8, 4) is 23.7 Å². The van der Waals surface area contributed by atoms with Gasteiger partial charge in [0.25, 0.3) is 0 Å².